The molecule has 2 heterocycles. The highest BCUT2D eigenvalue weighted by Crippen LogP contribution is 2.28. The predicted molar refractivity (Wildman–Crippen MR) is 80.6 cm³/mol. The van der Waals surface area contributed by atoms with Gasteiger partial charge in [0, 0.05) is 6.42 Å². The zero-order chi connectivity index (χ0) is 15.7. The molecule has 0 aliphatic carbocycles. The second kappa shape index (κ2) is 5.84. The molecule has 1 aromatic carbocycles. The molecular weight excluding hydrogens is 305 g/mol. The third-order valence-electron chi connectivity index (χ3n) is 3.14. The zero-order valence-electron chi connectivity index (χ0n) is 12.4. The highest BCUT2D eigenvalue weighted by atomic mass is 32.1. The Hall–Kier alpha value is -2.28. The van der Waals surface area contributed by atoms with E-state index < -0.39 is 5.82 Å². The van der Waals surface area contributed by atoms with E-state index in [1.807, 2.05) is 13.8 Å². The first kappa shape index (κ1) is 14.6. The molecule has 0 unspecified atom stereocenters. The predicted octanol–water partition coefficient (Wildman–Crippen LogP) is 3.55. The number of aromatic nitrogens is 3. The third-order valence-corrected chi connectivity index (χ3v) is 4.21. The fourth-order valence-corrected chi connectivity index (χ4v) is 2.99. The van der Waals surface area contributed by atoms with Crippen molar-refractivity contribution in [1.82, 2.24) is 15.1 Å². The SMILES string of the molecule is COc1ccc(Cc2noc(-c3sc(C)nc3C)n2)cc1F. The van der Waals surface area contributed by atoms with Crippen LogP contribution >= 0.6 is 11.3 Å². The lowest BCUT2D eigenvalue weighted by molar-refractivity contribution is 0.386. The first-order valence-electron chi connectivity index (χ1n) is 6.66. The van der Waals surface area contributed by atoms with Crippen molar-refractivity contribution in [3.8, 4) is 16.5 Å². The average Bonchev–Trinajstić information content (AvgIpc) is 3.05. The summed E-state index contributed by atoms with van der Waals surface area (Å²) in [4.78, 5) is 9.57. The summed E-state index contributed by atoms with van der Waals surface area (Å²) in [5, 5.41) is 4.90. The van der Waals surface area contributed by atoms with Gasteiger partial charge in [0.1, 0.15) is 4.88 Å². The molecule has 5 nitrogen and oxygen atoms in total. The molecule has 0 saturated carbocycles. The van der Waals surface area contributed by atoms with E-state index in [1.54, 1.807) is 12.1 Å². The van der Waals surface area contributed by atoms with Gasteiger partial charge in [0.15, 0.2) is 17.4 Å². The summed E-state index contributed by atoms with van der Waals surface area (Å²) in [5.41, 5.74) is 1.62. The van der Waals surface area contributed by atoms with E-state index in [1.165, 1.54) is 24.5 Å². The van der Waals surface area contributed by atoms with Crippen LogP contribution in [0.25, 0.3) is 10.8 Å². The Morgan fingerprint density at radius 3 is 2.73 bits per heavy atom. The molecule has 0 amide bonds. The van der Waals surface area contributed by atoms with Crippen LogP contribution in [-0.2, 0) is 6.42 Å². The van der Waals surface area contributed by atoms with Crippen LogP contribution < -0.4 is 4.74 Å². The van der Waals surface area contributed by atoms with Crippen molar-refractivity contribution in [3.63, 3.8) is 0 Å². The highest BCUT2D eigenvalue weighted by Gasteiger charge is 2.15. The van der Waals surface area contributed by atoms with Gasteiger partial charge in [0.2, 0.25) is 0 Å². The molecule has 0 aliphatic heterocycles. The smallest absolute Gasteiger partial charge is 0.269 e. The van der Waals surface area contributed by atoms with Gasteiger partial charge in [-0.25, -0.2) is 9.37 Å². The van der Waals surface area contributed by atoms with Crippen LogP contribution in [0, 0.1) is 19.7 Å². The fourth-order valence-electron chi connectivity index (χ4n) is 2.15. The summed E-state index contributed by atoms with van der Waals surface area (Å²) < 4.78 is 23.9. The number of hydrogen-bond donors (Lipinski definition) is 0. The van der Waals surface area contributed by atoms with Crippen LogP contribution in [0.5, 0.6) is 5.75 Å². The molecule has 0 radical (unpaired) electrons. The first-order chi connectivity index (χ1) is 10.6. The summed E-state index contributed by atoms with van der Waals surface area (Å²) in [6, 6.07) is 4.78. The van der Waals surface area contributed by atoms with E-state index in [2.05, 4.69) is 15.1 Å². The van der Waals surface area contributed by atoms with Crippen molar-refractivity contribution in [2.75, 3.05) is 7.11 Å². The fraction of sp³-hybridized carbons (Fsp3) is 0.267. The second-order valence-corrected chi connectivity index (χ2v) is 6.01. The molecule has 0 bridgehead atoms. The molecule has 3 aromatic rings. The second-order valence-electron chi connectivity index (χ2n) is 4.81. The summed E-state index contributed by atoms with van der Waals surface area (Å²) in [5.74, 6) is 0.767. The van der Waals surface area contributed by atoms with Crippen molar-refractivity contribution in [2.45, 2.75) is 20.3 Å². The molecule has 114 valence electrons. The molecule has 3 rings (SSSR count). The van der Waals surface area contributed by atoms with Crippen molar-refractivity contribution in [2.24, 2.45) is 0 Å². The van der Waals surface area contributed by atoms with Crippen LogP contribution in [0.15, 0.2) is 22.7 Å². The molecule has 0 aliphatic rings. The molecule has 0 saturated heterocycles. The number of halogens is 1. The molecule has 7 heteroatoms. The third kappa shape index (κ3) is 2.85. The zero-order valence-corrected chi connectivity index (χ0v) is 13.2. The maximum absolute atomic E-state index is 13.7. The number of aryl methyl sites for hydroxylation is 2. The average molecular weight is 319 g/mol. The Morgan fingerprint density at radius 1 is 1.27 bits per heavy atom. The Bertz CT molecular complexity index is 813. The van der Waals surface area contributed by atoms with Gasteiger partial charge in [-0.3, -0.25) is 0 Å². The Morgan fingerprint density at radius 2 is 2.09 bits per heavy atom. The van der Waals surface area contributed by atoms with Gasteiger partial charge in [-0.15, -0.1) is 11.3 Å². The van der Waals surface area contributed by atoms with E-state index in [-0.39, 0.29) is 5.75 Å². The van der Waals surface area contributed by atoms with Gasteiger partial charge in [0.05, 0.1) is 17.8 Å². The monoisotopic (exact) mass is 319 g/mol. The van der Waals surface area contributed by atoms with E-state index in [0.717, 1.165) is 21.1 Å². The van der Waals surface area contributed by atoms with Gasteiger partial charge in [0.25, 0.3) is 5.89 Å². The van der Waals surface area contributed by atoms with Gasteiger partial charge in [-0.05, 0) is 31.5 Å². The topological polar surface area (TPSA) is 61.0 Å². The molecule has 22 heavy (non-hydrogen) atoms. The van der Waals surface area contributed by atoms with Crippen LogP contribution in [-0.4, -0.2) is 22.2 Å². The quantitative estimate of drug-likeness (QED) is 0.736. The largest absolute Gasteiger partial charge is 0.494 e. The Kier molecular flexibility index (Phi) is 3.89. The minimum absolute atomic E-state index is 0.216. The summed E-state index contributed by atoms with van der Waals surface area (Å²) >= 11 is 1.51. The van der Waals surface area contributed by atoms with Gasteiger partial charge in [-0.1, -0.05) is 11.2 Å². The molecular formula is C15H14FN3O2S. The standard InChI is InChI=1S/C15H14FN3O2S/c1-8-14(22-9(2)17-8)15-18-13(19-21-15)7-10-4-5-12(20-3)11(16)6-10/h4-6H,7H2,1-3H3. The van der Waals surface area contributed by atoms with Crippen molar-refractivity contribution >= 4 is 11.3 Å². The number of nitrogens with zero attached hydrogens (tertiary/aromatic N) is 3. The maximum atomic E-state index is 13.7. The lowest BCUT2D eigenvalue weighted by Gasteiger charge is -2.03. The van der Waals surface area contributed by atoms with Crippen LogP contribution in [0.4, 0.5) is 4.39 Å². The minimum atomic E-state index is -0.405. The summed E-state index contributed by atoms with van der Waals surface area (Å²) in [7, 11) is 1.43. The molecule has 0 atom stereocenters. The summed E-state index contributed by atoms with van der Waals surface area (Å²) in [6.45, 7) is 3.83. The normalized spacial score (nSPS) is 10.9. The number of benzene rings is 1. The molecule has 0 N–H and O–H groups in total. The highest BCUT2D eigenvalue weighted by molar-refractivity contribution is 7.15. The van der Waals surface area contributed by atoms with E-state index in [9.17, 15) is 4.39 Å². The van der Waals surface area contributed by atoms with E-state index in [0.29, 0.717) is 18.1 Å². The van der Waals surface area contributed by atoms with Gasteiger partial charge >= 0.3 is 0 Å². The van der Waals surface area contributed by atoms with Crippen molar-refractivity contribution in [3.05, 3.63) is 46.1 Å². The van der Waals surface area contributed by atoms with Gasteiger partial charge in [-0.2, -0.15) is 4.98 Å². The first-order valence-corrected chi connectivity index (χ1v) is 7.48. The van der Waals surface area contributed by atoms with Crippen LogP contribution in [0.1, 0.15) is 22.1 Å². The summed E-state index contributed by atoms with van der Waals surface area (Å²) in [6.07, 6.45) is 0.390. The van der Waals surface area contributed by atoms with Crippen molar-refractivity contribution in [1.29, 1.82) is 0 Å². The number of thiazole rings is 1. The number of rotatable bonds is 4. The Labute approximate surface area is 130 Å². The van der Waals surface area contributed by atoms with Crippen molar-refractivity contribution < 1.29 is 13.7 Å². The number of methoxy groups -OCH3 is 1. The van der Waals surface area contributed by atoms with Crippen LogP contribution in [0.3, 0.4) is 0 Å². The minimum Gasteiger partial charge on any atom is -0.494 e. The number of ether oxygens (including phenoxy) is 1. The van der Waals surface area contributed by atoms with E-state index in [4.69, 9.17) is 9.26 Å². The lowest BCUT2D eigenvalue weighted by atomic mass is 10.1. The number of hydrogen-bond acceptors (Lipinski definition) is 6. The molecule has 0 fully saturated rings. The van der Waals surface area contributed by atoms with E-state index >= 15 is 0 Å². The lowest BCUT2D eigenvalue weighted by Crippen LogP contribution is -1.94. The Balaban J connectivity index is 1.82. The van der Waals surface area contributed by atoms with Gasteiger partial charge < -0.3 is 9.26 Å². The van der Waals surface area contributed by atoms with Crippen LogP contribution in [0.2, 0.25) is 0 Å². The molecule has 2 aromatic heterocycles. The molecule has 0 spiro atoms. The maximum Gasteiger partial charge on any atom is 0.269 e.